The van der Waals surface area contributed by atoms with Crippen molar-refractivity contribution in [3.63, 3.8) is 0 Å². The highest BCUT2D eigenvalue weighted by Crippen LogP contribution is 2.32. The van der Waals surface area contributed by atoms with E-state index in [1.165, 1.54) is 0 Å². The van der Waals surface area contributed by atoms with Gasteiger partial charge in [-0.15, -0.1) is 15.3 Å². The fourth-order valence-corrected chi connectivity index (χ4v) is 3.44. The molecule has 28 heavy (non-hydrogen) atoms. The second kappa shape index (κ2) is 6.87. The number of urea groups is 1. The second-order valence-corrected chi connectivity index (χ2v) is 6.77. The predicted molar refractivity (Wildman–Crippen MR) is 99.3 cm³/mol. The molecule has 0 unspecified atom stereocenters. The quantitative estimate of drug-likeness (QED) is 0.692. The normalized spacial score (nSPS) is 17.9. The Balaban J connectivity index is 1.14. The molecule has 0 radical (unpaired) electrons. The number of amides is 2. The maximum Gasteiger partial charge on any atom is 0.315 e. The van der Waals surface area contributed by atoms with Crippen LogP contribution in [0.5, 0.6) is 11.5 Å². The maximum atomic E-state index is 12.3. The third-order valence-electron chi connectivity index (χ3n) is 4.89. The molecule has 0 saturated carbocycles. The Bertz CT molecular complexity index is 1020. The summed E-state index contributed by atoms with van der Waals surface area (Å²) in [6, 6.07) is 9.33. The molecule has 1 aromatic carbocycles. The van der Waals surface area contributed by atoms with Gasteiger partial charge in [0.2, 0.25) is 6.79 Å². The predicted octanol–water partition coefficient (Wildman–Crippen LogP) is 0.931. The number of aromatic nitrogens is 4. The molecule has 1 atom stereocenters. The van der Waals surface area contributed by atoms with Crippen molar-refractivity contribution in [2.24, 2.45) is 0 Å². The molecular weight excluding hydrogens is 362 g/mol. The molecule has 3 aromatic rings. The molecule has 2 N–H and O–H groups in total. The van der Waals surface area contributed by atoms with E-state index in [-0.39, 0.29) is 18.9 Å². The summed E-state index contributed by atoms with van der Waals surface area (Å²) in [5.41, 5.74) is 1.67. The van der Waals surface area contributed by atoms with Crippen molar-refractivity contribution < 1.29 is 14.3 Å². The number of carbonyl (C=O) groups excluding carboxylic acids is 1. The molecule has 144 valence electrons. The molecule has 10 nitrogen and oxygen atoms in total. The molecule has 2 aliphatic heterocycles. The number of fused-ring (bicyclic) bond motifs is 2. The minimum Gasteiger partial charge on any atom is -0.454 e. The van der Waals surface area contributed by atoms with Gasteiger partial charge in [0.1, 0.15) is 12.1 Å². The van der Waals surface area contributed by atoms with E-state index in [2.05, 4.69) is 30.8 Å². The Kier molecular flexibility index (Phi) is 4.08. The number of anilines is 1. The van der Waals surface area contributed by atoms with Crippen LogP contribution in [0.15, 0.2) is 36.7 Å². The summed E-state index contributed by atoms with van der Waals surface area (Å²) in [7, 11) is 0. The first-order valence-electron chi connectivity index (χ1n) is 9.09. The number of nitrogens with zero attached hydrogens (tertiary/aromatic N) is 5. The van der Waals surface area contributed by atoms with Crippen molar-refractivity contribution in [1.29, 1.82) is 0 Å². The third-order valence-corrected chi connectivity index (χ3v) is 4.89. The van der Waals surface area contributed by atoms with Crippen molar-refractivity contribution in [3.05, 3.63) is 42.2 Å². The minimum atomic E-state index is -0.188. The van der Waals surface area contributed by atoms with Crippen molar-refractivity contribution in [1.82, 2.24) is 30.4 Å². The van der Waals surface area contributed by atoms with Crippen LogP contribution in [-0.2, 0) is 6.54 Å². The Hall–Kier alpha value is -3.56. The highest BCUT2D eigenvalue weighted by molar-refractivity contribution is 5.74. The number of nitrogens with one attached hydrogen (secondary N) is 2. The summed E-state index contributed by atoms with van der Waals surface area (Å²) < 4.78 is 12.3. The van der Waals surface area contributed by atoms with Gasteiger partial charge >= 0.3 is 6.03 Å². The van der Waals surface area contributed by atoms with Crippen LogP contribution in [-0.4, -0.2) is 51.8 Å². The molecule has 2 amide bonds. The van der Waals surface area contributed by atoms with E-state index >= 15 is 0 Å². The number of hydrogen-bond acceptors (Lipinski definition) is 7. The van der Waals surface area contributed by atoms with Crippen LogP contribution in [0.3, 0.4) is 0 Å². The first-order valence-corrected chi connectivity index (χ1v) is 9.09. The van der Waals surface area contributed by atoms with Gasteiger partial charge in [-0.25, -0.2) is 4.79 Å². The average Bonchev–Trinajstić information content (AvgIpc) is 3.45. The van der Waals surface area contributed by atoms with Gasteiger partial charge in [-0.3, -0.25) is 0 Å². The van der Waals surface area contributed by atoms with E-state index in [1.807, 2.05) is 30.3 Å². The first kappa shape index (κ1) is 16.6. The minimum absolute atomic E-state index is 0.0650. The summed E-state index contributed by atoms with van der Waals surface area (Å²) in [6.07, 6.45) is 2.44. The van der Waals surface area contributed by atoms with E-state index in [1.54, 1.807) is 10.8 Å². The van der Waals surface area contributed by atoms with E-state index in [4.69, 9.17) is 9.47 Å². The van der Waals surface area contributed by atoms with Crippen LogP contribution in [0.25, 0.3) is 5.65 Å². The van der Waals surface area contributed by atoms with Gasteiger partial charge in [0.05, 0.1) is 0 Å². The zero-order valence-corrected chi connectivity index (χ0v) is 15.0. The van der Waals surface area contributed by atoms with Gasteiger partial charge in [-0.2, -0.15) is 4.52 Å². The standard InChI is InChI=1S/C18H19N7O3/c26-18(19-8-12-1-2-14-15(7-12)28-11-27-14)21-13-5-6-24(9-13)17-4-3-16-22-20-10-25(16)23-17/h1-4,7,10,13H,5-6,8-9,11H2,(H2,19,21,26)/t13-/m1/s1. The van der Waals surface area contributed by atoms with E-state index in [0.29, 0.717) is 24.5 Å². The zero-order valence-electron chi connectivity index (χ0n) is 15.0. The van der Waals surface area contributed by atoms with E-state index in [9.17, 15) is 4.79 Å². The molecule has 5 rings (SSSR count). The number of benzene rings is 1. The molecule has 0 aliphatic carbocycles. The first-order chi connectivity index (χ1) is 13.7. The Labute approximate surface area is 160 Å². The van der Waals surface area contributed by atoms with Crippen molar-refractivity contribution >= 4 is 17.5 Å². The Morgan fingerprint density at radius 3 is 3.11 bits per heavy atom. The van der Waals surface area contributed by atoms with Crippen LogP contribution < -0.4 is 25.0 Å². The van der Waals surface area contributed by atoms with Crippen LogP contribution >= 0.6 is 0 Å². The molecule has 2 aromatic heterocycles. The van der Waals surface area contributed by atoms with E-state index < -0.39 is 0 Å². The molecule has 4 heterocycles. The highest BCUT2D eigenvalue weighted by atomic mass is 16.7. The van der Waals surface area contributed by atoms with Crippen LogP contribution in [0.1, 0.15) is 12.0 Å². The monoisotopic (exact) mass is 381 g/mol. The maximum absolute atomic E-state index is 12.3. The van der Waals surface area contributed by atoms with Gasteiger partial charge in [-0.05, 0) is 36.2 Å². The molecule has 2 aliphatic rings. The highest BCUT2D eigenvalue weighted by Gasteiger charge is 2.25. The Morgan fingerprint density at radius 1 is 1.21 bits per heavy atom. The number of ether oxygens (including phenoxy) is 2. The van der Waals surface area contributed by atoms with Crippen molar-refractivity contribution in [3.8, 4) is 11.5 Å². The number of carbonyl (C=O) groups is 1. The molecule has 10 heteroatoms. The SMILES string of the molecule is O=C(NCc1ccc2c(c1)OCO2)N[C@@H]1CCN(c2ccc3nncn3n2)C1. The van der Waals surface area contributed by atoms with Gasteiger partial charge in [0, 0.05) is 25.7 Å². The lowest BCUT2D eigenvalue weighted by Gasteiger charge is -2.18. The Morgan fingerprint density at radius 2 is 2.14 bits per heavy atom. The summed E-state index contributed by atoms with van der Waals surface area (Å²) in [5.74, 6) is 2.29. The summed E-state index contributed by atoms with van der Waals surface area (Å²) >= 11 is 0. The van der Waals surface area contributed by atoms with Gasteiger partial charge in [0.25, 0.3) is 0 Å². The smallest absolute Gasteiger partial charge is 0.315 e. The topological polar surface area (TPSA) is 106 Å². The molecule has 1 fully saturated rings. The van der Waals surface area contributed by atoms with Gasteiger partial charge in [-0.1, -0.05) is 6.07 Å². The molecular formula is C18H19N7O3. The molecule has 0 spiro atoms. The summed E-state index contributed by atoms with van der Waals surface area (Å²) in [5, 5.41) is 18.2. The zero-order chi connectivity index (χ0) is 18.9. The van der Waals surface area contributed by atoms with Crippen molar-refractivity contribution in [2.75, 3.05) is 24.8 Å². The summed E-state index contributed by atoms with van der Waals surface area (Å²) in [4.78, 5) is 14.4. The average molecular weight is 381 g/mol. The molecule has 1 saturated heterocycles. The lowest BCUT2D eigenvalue weighted by Crippen LogP contribution is -2.43. The third kappa shape index (κ3) is 3.24. The fraction of sp³-hybridized carbons (Fsp3) is 0.333. The van der Waals surface area contributed by atoms with Gasteiger partial charge in [0.15, 0.2) is 17.1 Å². The summed E-state index contributed by atoms with van der Waals surface area (Å²) in [6.45, 7) is 2.20. The lowest BCUT2D eigenvalue weighted by atomic mass is 10.2. The van der Waals surface area contributed by atoms with Crippen LogP contribution in [0.2, 0.25) is 0 Å². The van der Waals surface area contributed by atoms with E-state index in [0.717, 1.165) is 30.1 Å². The van der Waals surface area contributed by atoms with Crippen molar-refractivity contribution in [2.45, 2.75) is 19.0 Å². The van der Waals surface area contributed by atoms with Crippen LogP contribution in [0, 0.1) is 0 Å². The lowest BCUT2D eigenvalue weighted by molar-refractivity contribution is 0.174. The molecule has 0 bridgehead atoms. The second-order valence-electron chi connectivity index (χ2n) is 6.77. The van der Waals surface area contributed by atoms with Crippen LogP contribution in [0.4, 0.5) is 10.6 Å². The van der Waals surface area contributed by atoms with Gasteiger partial charge < -0.3 is 25.0 Å². The number of hydrogen-bond donors (Lipinski definition) is 2. The fourth-order valence-electron chi connectivity index (χ4n) is 3.44. The number of rotatable bonds is 4. The largest absolute Gasteiger partial charge is 0.454 e.